The lowest BCUT2D eigenvalue weighted by atomic mass is 10.1. The van der Waals surface area contributed by atoms with Crippen molar-refractivity contribution in [3.8, 4) is 0 Å². The Morgan fingerprint density at radius 2 is 2.21 bits per heavy atom. The molecule has 2 rings (SSSR count). The van der Waals surface area contributed by atoms with Crippen LogP contribution in [0.15, 0.2) is 24.4 Å². The summed E-state index contributed by atoms with van der Waals surface area (Å²) < 4.78 is 0. The van der Waals surface area contributed by atoms with Crippen LogP contribution in [0.3, 0.4) is 0 Å². The van der Waals surface area contributed by atoms with Crippen molar-refractivity contribution in [1.82, 2.24) is 9.88 Å². The van der Waals surface area contributed by atoms with Crippen LogP contribution < -0.4 is 0 Å². The number of amides is 1. The summed E-state index contributed by atoms with van der Waals surface area (Å²) in [6.45, 7) is 3.85. The Hall–Kier alpha value is -1.81. The molecule has 0 saturated carbocycles. The minimum absolute atomic E-state index is 0.0167. The Balaban J connectivity index is 2.20. The van der Waals surface area contributed by atoms with E-state index in [1.807, 2.05) is 32.2 Å². The van der Waals surface area contributed by atoms with E-state index < -0.39 is 0 Å². The number of aliphatic hydroxyl groups is 1. The molecule has 2 N–H and O–H groups in total. The van der Waals surface area contributed by atoms with E-state index in [9.17, 15) is 4.79 Å². The number of aryl methyl sites for hydroxylation is 1. The van der Waals surface area contributed by atoms with Gasteiger partial charge in [-0.2, -0.15) is 0 Å². The van der Waals surface area contributed by atoms with Gasteiger partial charge in [0.05, 0.1) is 19.1 Å². The van der Waals surface area contributed by atoms with Gasteiger partial charge in [0.2, 0.25) is 5.91 Å². The molecule has 1 amide bonds. The first-order valence-corrected chi connectivity index (χ1v) is 6.46. The molecule has 1 atom stereocenters. The molecule has 0 saturated heterocycles. The highest BCUT2D eigenvalue weighted by Crippen LogP contribution is 2.20. The third-order valence-corrected chi connectivity index (χ3v) is 3.58. The van der Waals surface area contributed by atoms with Gasteiger partial charge >= 0.3 is 0 Å². The number of likely N-dealkylation sites (N-methyl/N-ethyl adjacent to an activating group) is 1. The lowest BCUT2D eigenvalue weighted by Gasteiger charge is -2.23. The van der Waals surface area contributed by atoms with E-state index in [1.165, 1.54) is 5.56 Å². The Labute approximate surface area is 113 Å². The van der Waals surface area contributed by atoms with E-state index >= 15 is 0 Å². The summed E-state index contributed by atoms with van der Waals surface area (Å²) in [7, 11) is 1.72. The summed E-state index contributed by atoms with van der Waals surface area (Å²) in [6.07, 6.45) is 2.24. The molecule has 1 unspecified atom stereocenters. The van der Waals surface area contributed by atoms with Crippen LogP contribution in [0.25, 0.3) is 10.9 Å². The first-order valence-electron chi connectivity index (χ1n) is 6.46. The van der Waals surface area contributed by atoms with Crippen LogP contribution in [0.4, 0.5) is 0 Å². The number of hydrogen-bond acceptors (Lipinski definition) is 2. The molecule has 0 aliphatic carbocycles. The Morgan fingerprint density at radius 1 is 1.47 bits per heavy atom. The second-order valence-electron chi connectivity index (χ2n) is 5.08. The number of carbonyl (C=O) groups is 1. The molecule has 0 spiro atoms. The quantitative estimate of drug-likeness (QED) is 0.881. The van der Waals surface area contributed by atoms with Crippen LogP contribution >= 0.6 is 0 Å². The van der Waals surface area contributed by atoms with E-state index in [-0.39, 0.29) is 18.6 Å². The van der Waals surface area contributed by atoms with Crippen LogP contribution in [0.2, 0.25) is 0 Å². The fourth-order valence-corrected chi connectivity index (χ4v) is 2.10. The second-order valence-corrected chi connectivity index (χ2v) is 5.08. The average Bonchev–Trinajstić information content (AvgIpc) is 2.79. The number of aliphatic hydroxyl groups excluding tert-OH is 1. The zero-order valence-electron chi connectivity index (χ0n) is 11.6. The van der Waals surface area contributed by atoms with Crippen molar-refractivity contribution in [3.05, 3.63) is 35.5 Å². The van der Waals surface area contributed by atoms with Gasteiger partial charge in [0.25, 0.3) is 0 Å². The molecule has 0 aliphatic rings. The smallest absolute Gasteiger partial charge is 0.227 e. The van der Waals surface area contributed by atoms with Crippen molar-refractivity contribution in [2.24, 2.45) is 0 Å². The molecule has 0 aliphatic heterocycles. The van der Waals surface area contributed by atoms with Crippen LogP contribution in [0.1, 0.15) is 18.1 Å². The topological polar surface area (TPSA) is 56.3 Å². The van der Waals surface area contributed by atoms with Crippen molar-refractivity contribution in [2.45, 2.75) is 26.3 Å². The zero-order chi connectivity index (χ0) is 14.0. The molecular weight excluding hydrogens is 240 g/mol. The third kappa shape index (κ3) is 2.79. The Morgan fingerprint density at radius 3 is 2.89 bits per heavy atom. The first kappa shape index (κ1) is 13.6. The second kappa shape index (κ2) is 5.45. The number of H-pyrrole nitrogens is 1. The number of nitrogens with zero attached hydrogens (tertiary/aromatic N) is 1. The Kier molecular flexibility index (Phi) is 3.90. The number of hydrogen-bond donors (Lipinski definition) is 2. The predicted molar refractivity (Wildman–Crippen MR) is 76.1 cm³/mol. The van der Waals surface area contributed by atoms with E-state index in [0.717, 1.165) is 16.5 Å². The Bertz CT molecular complexity index is 589. The molecule has 19 heavy (non-hydrogen) atoms. The summed E-state index contributed by atoms with van der Waals surface area (Å²) in [5.41, 5.74) is 3.25. The maximum Gasteiger partial charge on any atom is 0.227 e. The lowest BCUT2D eigenvalue weighted by Crippen LogP contribution is -2.38. The summed E-state index contributed by atoms with van der Waals surface area (Å²) in [6, 6.07) is 6.01. The van der Waals surface area contributed by atoms with E-state index in [2.05, 4.69) is 11.1 Å². The molecule has 1 aromatic carbocycles. The van der Waals surface area contributed by atoms with Gasteiger partial charge in [-0.3, -0.25) is 4.79 Å². The minimum atomic E-state index is -0.153. The van der Waals surface area contributed by atoms with Gasteiger partial charge in [-0.15, -0.1) is 0 Å². The number of aromatic nitrogens is 1. The number of carbonyl (C=O) groups excluding carboxylic acids is 1. The molecule has 4 nitrogen and oxygen atoms in total. The maximum atomic E-state index is 12.1. The SMILES string of the molecule is Cc1ccc2c(CC(=O)N(C)C(C)CO)c[nH]c2c1. The summed E-state index contributed by atoms with van der Waals surface area (Å²) >= 11 is 0. The number of benzene rings is 1. The van der Waals surface area contributed by atoms with Gasteiger partial charge in [-0.05, 0) is 31.0 Å². The van der Waals surface area contributed by atoms with Crippen LogP contribution in [0.5, 0.6) is 0 Å². The number of rotatable bonds is 4. The van der Waals surface area contributed by atoms with Crippen molar-refractivity contribution >= 4 is 16.8 Å². The standard InChI is InChI=1S/C15H20N2O2/c1-10-4-5-13-12(8-16-14(13)6-10)7-15(19)17(3)11(2)9-18/h4-6,8,11,16,18H,7,9H2,1-3H3. The molecule has 2 aromatic rings. The van der Waals surface area contributed by atoms with Crippen LogP contribution in [-0.4, -0.2) is 40.6 Å². The van der Waals surface area contributed by atoms with Crippen molar-refractivity contribution in [1.29, 1.82) is 0 Å². The highest BCUT2D eigenvalue weighted by molar-refractivity contribution is 5.89. The largest absolute Gasteiger partial charge is 0.394 e. The van der Waals surface area contributed by atoms with Gasteiger partial charge in [0, 0.05) is 24.1 Å². The highest BCUT2D eigenvalue weighted by atomic mass is 16.3. The molecule has 0 fully saturated rings. The number of fused-ring (bicyclic) bond motifs is 1. The molecular formula is C15H20N2O2. The van der Waals surface area contributed by atoms with Gasteiger partial charge in [0.1, 0.15) is 0 Å². The van der Waals surface area contributed by atoms with Gasteiger partial charge in [0.15, 0.2) is 0 Å². The van der Waals surface area contributed by atoms with Gasteiger partial charge in [-0.1, -0.05) is 12.1 Å². The van der Waals surface area contributed by atoms with Gasteiger partial charge < -0.3 is 15.0 Å². The normalized spacial score (nSPS) is 12.6. The molecule has 0 radical (unpaired) electrons. The first-order chi connectivity index (χ1) is 9.02. The fourth-order valence-electron chi connectivity index (χ4n) is 2.10. The molecule has 1 aromatic heterocycles. The zero-order valence-corrected chi connectivity index (χ0v) is 11.6. The molecule has 102 valence electrons. The third-order valence-electron chi connectivity index (χ3n) is 3.58. The van der Waals surface area contributed by atoms with Gasteiger partial charge in [-0.25, -0.2) is 0 Å². The summed E-state index contributed by atoms with van der Waals surface area (Å²) in [5, 5.41) is 10.2. The summed E-state index contributed by atoms with van der Waals surface area (Å²) in [4.78, 5) is 16.9. The summed E-state index contributed by atoms with van der Waals surface area (Å²) in [5.74, 6) is 0.0167. The number of nitrogens with one attached hydrogen (secondary N) is 1. The highest BCUT2D eigenvalue weighted by Gasteiger charge is 2.16. The molecule has 1 heterocycles. The van der Waals surface area contributed by atoms with Crippen LogP contribution in [0, 0.1) is 6.92 Å². The fraction of sp³-hybridized carbons (Fsp3) is 0.400. The predicted octanol–water partition coefficient (Wildman–Crippen LogP) is 1.86. The van der Waals surface area contributed by atoms with Crippen molar-refractivity contribution in [2.75, 3.05) is 13.7 Å². The maximum absolute atomic E-state index is 12.1. The van der Waals surface area contributed by atoms with Crippen molar-refractivity contribution in [3.63, 3.8) is 0 Å². The van der Waals surface area contributed by atoms with Crippen LogP contribution in [-0.2, 0) is 11.2 Å². The van der Waals surface area contributed by atoms with E-state index in [0.29, 0.717) is 6.42 Å². The lowest BCUT2D eigenvalue weighted by molar-refractivity contribution is -0.131. The van der Waals surface area contributed by atoms with E-state index in [4.69, 9.17) is 5.11 Å². The monoisotopic (exact) mass is 260 g/mol. The molecule has 0 bridgehead atoms. The minimum Gasteiger partial charge on any atom is -0.394 e. The van der Waals surface area contributed by atoms with E-state index in [1.54, 1.807) is 11.9 Å². The number of aromatic amines is 1. The van der Waals surface area contributed by atoms with Crippen molar-refractivity contribution < 1.29 is 9.90 Å². The molecule has 4 heteroatoms. The average molecular weight is 260 g/mol.